The molecule has 0 unspecified atom stereocenters. The van der Waals surface area contributed by atoms with E-state index in [1.807, 2.05) is 20.8 Å². The van der Waals surface area contributed by atoms with E-state index in [2.05, 4.69) is 40.8 Å². The second kappa shape index (κ2) is 14.9. The van der Waals surface area contributed by atoms with Crippen LogP contribution in [-0.2, 0) is 17.7 Å². The number of amides is 2. The number of hydrogen-bond acceptors (Lipinski definition) is 11. The van der Waals surface area contributed by atoms with E-state index in [4.69, 9.17) is 9.47 Å². The molecule has 6 rings (SSSR count). The van der Waals surface area contributed by atoms with Gasteiger partial charge in [-0.2, -0.15) is 23.8 Å². The number of likely N-dealkylation sites (N-methyl/N-ethyl adjacent to an activating group) is 1. The first kappa shape index (κ1) is 36.1. The summed E-state index contributed by atoms with van der Waals surface area (Å²) in [6.45, 7) is 4.51. The summed E-state index contributed by atoms with van der Waals surface area (Å²) >= 11 is 0. The summed E-state index contributed by atoms with van der Waals surface area (Å²) in [7, 11) is 1.68. The number of rotatable bonds is 13. The molecule has 5 aromatic rings. The van der Waals surface area contributed by atoms with E-state index in [0.29, 0.717) is 26.2 Å². The number of nitrogens with one attached hydrogen (secondary N) is 1. The average molecular weight is 729 g/mol. The zero-order valence-corrected chi connectivity index (χ0v) is 28.7. The van der Waals surface area contributed by atoms with Gasteiger partial charge in [-0.25, -0.2) is 23.1 Å². The summed E-state index contributed by atoms with van der Waals surface area (Å²) in [4.78, 5) is 35.0. The number of nitrogens with zero attached hydrogens (tertiary/aromatic N) is 11. The zero-order valence-electron chi connectivity index (χ0n) is 28.7. The van der Waals surface area contributed by atoms with Crippen LogP contribution in [-0.4, -0.2) is 118 Å². The SMILES string of the molecule is CN(CCN1CC(n2nnc(Cn3cc(NC(=O)c4cnn5cccnc45)c(-c4cc(CC(F)F)ccc4OC(F)F)n3)n2)C1)C(=O)OC(C)(C)C. The lowest BCUT2D eigenvalue weighted by atomic mass is 10.0. The van der Waals surface area contributed by atoms with Crippen LogP contribution < -0.4 is 10.1 Å². The Kier molecular flexibility index (Phi) is 10.4. The monoisotopic (exact) mass is 728 g/mol. The van der Waals surface area contributed by atoms with Gasteiger partial charge in [0.05, 0.1) is 17.9 Å². The van der Waals surface area contributed by atoms with Crippen molar-refractivity contribution in [3.63, 3.8) is 0 Å². The van der Waals surface area contributed by atoms with E-state index in [9.17, 15) is 27.2 Å². The van der Waals surface area contributed by atoms with Gasteiger partial charge in [0.15, 0.2) is 11.5 Å². The van der Waals surface area contributed by atoms with Crippen molar-refractivity contribution in [2.24, 2.45) is 0 Å². The molecule has 0 atom stereocenters. The molecular formula is C32H36F4N12O4. The minimum absolute atomic E-state index is 0.0251. The molecule has 16 nitrogen and oxygen atoms in total. The predicted molar refractivity (Wildman–Crippen MR) is 176 cm³/mol. The van der Waals surface area contributed by atoms with Crippen LogP contribution in [0.25, 0.3) is 16.9 Å². The maximum absolute atomic E-state index is 13.5. The van der Waals surface area contributed by atoms with Gasteiger partial charge >= 0.3 is 12.7 Å². The first-order valence-electron chi connectivity index (χ1n) is 16.2. The fourth-order valence-electron chi connectivity index (χ4n) is 5.45. The Balaban J connectivity index is 1.20. The van der Waals surface area contributed by atoms with Crippen LogP contribution in [0.2, 0.25) is 0 Å². The maximum Gasteiger partial charge on any atom is 0.410 e. The van der Waals surface area contributed by atoms with Crippen molar-refractivity contribution in [1.29, 1.82) is 0 Å². The lowest BCUT2D eigenvalue weighted by Gasteiger charge is -2.38. The Bertz CT molecular complexity index is 2040. The van der Waals surface area contributed by atoms with E-state index in [0.717, 1.165) is 6.07 Å². The van der Waals surface area contributed by atoms with Crippen molar-refractivity contribution in [3.8, 4) is 17.0 Å². The fourth-order valence-corrected chi connectivity index (χ4v) is 5.45. The molecule has 0 spiro atoms. The Morgan fingerprint density at radius 3 is 2.65 bits per heavy atom. The van der Waals surface area contributed by atoms with E-state index >= 15 is 0 Å². The number of tetrazole rings is 1. The number of ether oxygens (including phenoxy) is 2. The highest BCUT2D eigenvalue weighted by Gasteiger charge is 2.31. The second-order valence-corrected chi connectivity index (χ2v) is 13.1. The maximum atomic E-state index is 13.5. The quantitative estimate of drug-likeness (QED) is 0.174. The minimum atomic E-state index is -3.22. The molecule has 0 saturated carbocycles. The number of aromatic nitrogens is 9. The average Bonchev–Trinajstić information content (AvgIpc) is 3.78. The van der Waals surface area contributed by atoms with Crippen LogP contribution in [0.4, 0.5) is 28.0 Å². The van der Waals surface area contributed by atoms with Crippen molar-refractivity contribution in [1.82, 2.24) is 54.4 Å². The van der Waals surface area contributed by atoms with Gasteiger partial charge in [0.2, 0.25) is 6.43 Å². The summed E-state index contributed by atoms with van der Waals surface area (Å²) < 4.78 is 66.4. The van der Waals surface area contributed by atoms with E-state index < -0.39 is 37.1 Å². The molecule has 0 bridgehead atoms. The molecule has 1 fully saturated rings. The molecule has 1 aliphatic heterocycles. The lowest BCUT2D eigenvalue weighted by Crippen LogP contribution is -2.51. The second-order valence-electron chi connectivity index (χ2n) is 13.1. The molecule has 52 heavy (non-hydrogen) atoms. The standard InChI is InChI=1S/C32H36F4N12O4/c1-32(2,3)52-31(50)44(4)10-11-45-15-20(16-45)48-41-26(40-43-48)18-46-17-23(39-29(49)22-14-38-47-9-5-8-37-28(22)47)27(42-46)21-12-19(13-25(33)34)6-7-24(21)51-30(35)36/h5-9,12,14,17,20,25,30H,10-11,13,15-16,18H2,1-4H3,(H,39,49). The number of likely N-dealkylation sites (tertiary alicyclic amines) is 1. The number of fused-ring (bicyclic) bond motifs is 1. The first-order valence-corrected chi connectivity index (χ1v) is 16.2. The molecule has 0 aliphatic carbocycles. The van der Waals surface area contributed by atoms with Crippen molar-refractivity contribution in [2.45, 2.75) is 58.4 Å². The summed E-state index contributed by atoms with van der Waals surface area (Å²) in [5.41, 5.74) is -0.0760. The Morgan fingerprint density at radius 2 is 1.92 bits per heavy atom. The molecule has 1 N–H and O–H groups in total. The minimum Gasteiger partial charge on any atom is -0.444 e. The summed E-state index contributed by atoms with van der Waals surface area (Å²) in [6.07, 6.45) is 2.10. The van der Waals surface area contributed by atoms with Gasteiger partial charge < -0.3 is 19.7 Å². The molecule has 5 heterocycles. The summed E-state index contributed by atoms with van der Waals surface area (Å²) in [5, 5.41) is 24.2. The zero-order chi connectivity index (χ0) is 37.2. The van der Waals surface area contributed by atoms with Crippen molar-refractivity contribution >= 4 is 23.3 Å². The molecule has 2 amide bonds. The summed E-state index contributed by atoms with van der Waals surface area (Å²) in [6, 6.07) is 5.26. The van der Waals surface area contributed by atoms with Crippen molar-refractivity contribution in [3.05, 3.63) is 66.0 Å². The molecule has 20 heteroatoms. The normalized spacial score (nSPS) is 13.9. The third-order valence-corrected chi connectivity index (χ3v) is 7.93. The molecular weight excluding hydrogens is 692 g/mol. The van der Waals surface area contributed by atoms with Gasteiger partial charge in [0.1, 0.15) is 29.2 Å². The van der Waals surface area contributed by atoms with Gasteiger partial charge in [-0.15, -0.1) is 10.2 Å². The van der Waals surface area contributed by atoms with Crippen molar-refractivity contribution < 1.29 is 36.6 Å². The van der Waals surface area contributed by atoms with Crippen LogP contribution in [0, 0.1) is 0 Å². The number of anilines is 1. The summed E-state index contributed by atoms with van der Waals surface area (Å²) in [5.74, 6) is -0.704. The van der Waals surface area contributed by atoms with Crippen molar-refractivity contribution in [2.75, 3.05) is 38.5 Å². The number of carbonyl (C=O) groups is 2. The van der Waals surface area contributed by atoms with Crippen LogP contribution in [0.5, 0.6) is 5.75 Å². The Hall–Kier alpha value is -5.66. The van der Waals surface area contributed by atoms with Gasteiger partial charge in [-0.3, -0.25) is 14.4 Å². The van der Waals surface area contributed by atoms with Gasteiger partial charge in [0, 0.05) is 63.8 Å². The number of benzene rings is 1. The molecule has 1 aliphatic rings. The van der Waals surface area contributed by atoms with Crippen LogP contribution in [0.15, 0.2) is 49.1 Å². The van der Waals surface area contributed by atoms with Crippen LogP contribution in [0.3, 0.4) is 0 Å². The Labute approximate surface area is 294 Å². The molecule has 1 saturated heterocycles. The smallest absolute Gasteiger partial charge is 0.410 e. The molecule has 276 valence electrons. The van der Waals surface area contributed by atoms with Gasteiger partial charge in [0.25, 0.3) is 5.91 Å². The third-order valence-electron chi connectivity index (χ3n) is 7.93. The van der Waals surface area contributed by atoms with E-state index in [1.54, 1.807) is 19.3 Å². The third kappa shape index (κ3) is 8.61. The highest BCUT2D eigenvalue weighted by Crippen LogP contribution is 2.37. The molecule has 1 aromatic carbocycles. The highest BCUT2D eigenvalue weighted by atomic mass is 19.3. The first-order chi connectivity index (χ1) is 24.7. The molecule has 0 radical (unpaired) electrons. The fraction of sp³-hybridized carbons (Fsp3) is 0.438. The Morgan fingerprint density at radius 1 is 1.13 bits per heavy atom. The van der Waals surface area contributed by atoms with Crippen LogP contribution in [0.1, 0.15) is 48.6 Å². The highest BCUT2D eigenvalue weighted by molar-refractivity contribution is 6.09. The predicted octanol–water partition coefficient (Wildman–Crippen LogP) is 4.01. The van der Waals surface area contributed by atoms with E-state index in [-0.39, 0.29) is 57.9 Å². The lowest BCUT2D eigenvalue weighted by molar-refractivity contribution is -0.0495. The van der Waals surface area contributed by atoms with Gasteiger partial charge in [-0.1, -0.05) is 6.07 Å². The molecule has 4 aromatic heterocycles. The number of halogens is 4. The topological polar surface area (TPSA) is 163 Å². The van der Waals surface area contributed by atoms with Gasteiger partial charge in [-0.05, 0) is 49.7 Å². The number of hydrogen-bond donors (Lipinski definition) is 1. The largest absolute Gasteiger partial charge is 0.444 e. The number of alkyl halides is 4. The van der Waals surface area contributed by atoms with E-state index in [1.165, 1.54) is 49.6 Å². The van der Waals surface area contributed by atoms with Crippen LogP contribution >= 0.6 is 0 Å². The number of carbonyl (C=O) groups excluding carboxylic acids is 2.